The first-order chi connectivity index (χ1) is 8.47. The second-order valence-corrected chi connectivity index (χ2v) is 6.19. The number of nitrogen functional groups attached to an aromatic ring is 1. The van der Waals surface area contributed by atoms with Gasteiger partial charge in [0.05, 0.1) is 16.9 Å². The van der Waals surface area contributed by atoms with Crippen LogP contribution < -0.4 is 10.9 Å². The van der Waals surface area contributed by atoms with Crippen molar-refractivity contribution in [3.8, 4) is 0 Å². The van der Waals surface area contributed by atoms with Crippen LogP contribution in [0.5, 0.6) is 0 Å². The molecular formula is C11H12N2O3S2. The molecule has 2 aromatic rings. The van der Waals surface area contributed by atoms with Gasteiger partial charge in [0.15, 0.2) is 0 Å². The Morgan fingerprint density at radius 2 is 2.06 bits per heavy atom. The van der Waals surface area contributed by atoms with E-state index in [4.69, 9.17) is 15.3 Å². The van der Waals surface area contributed by atoms with Gasteiger partial charge in [0.2, 0.25) is 10.0 Å². The van der Waals surface area contributed by atoms with Gasteiger partial charge in [-0.05, 0) is 30.3 Å². The van der Waals surface area contributed by atoms with Crippen molar-refractivity contribution in [1.29, 1.82) is 0 Å². The van der Waals surface area contributed by atoms with Crippen LogP contribution in [0.1, 0.15) is 5.76 Å². The lowest BCUT2D eigenvalue weighted by molar-refractivity contribution is 0.530. The number of hydrogen-bond donors (Lipinski definition) is 2. The predicted molar refractivity (Wildman–Crippen MR) is 70.5 cm³/mol. The van der Waals surface area contributed by atoms with Crippen molar-refractivity contribution < 1.29 is 12.8 Å². The third-order valence-corrected chi connectivity index (χ3v) is 4.28. The number of rotatable bonds is 4. The summed E-state index contributed by atoms with van der Waals surface area (Å²) < 4.78 is 27.5. The SMILES string of the molecule is Nc1cc(S(N)(=O)=O)ccc1SCc1ccco1. The van der Waals surface area contributed by atoms with Crippen LogP contribution in [-0.2, 0) is 15.8 Å². The molecule has 1 heterocycles. The van der Waals surface area contributed by atoms with Crippen LogP contribution in [-0.4, -0.2) is 8.42 Å². The molecule has 7 heteroatoms. The zero-order chi connectivity index (χ0) is 13.2. The summed E-state index contributed by atoms with van der Waals surface area (Å²) in [5, 5.41) is 5.02. The average Bonchev–Trinajstić information content (AvgIpc) is 2.79. The molecule has 5 nitrogen and oxygen atoms in total. The molecule has 0 radical (unpaired) electrons. The molecular weight excluding hydrogens is 272 g/mol. The number of hydrogen-bond acceptors (Lipinski definition) is 5. The number of anilines is 1. The van der Waals surface area contributed by atoms with Crippen molar-refractivity contribution in [2.45, 2.75) is 15.5 Å². The van der Waals surface area contributed by atoms with Gasteiger partial charge in [-0.3, -0.25) is 0 Å². The molecule has 96 valence electrons. The number of primary sulfonamides is 1. The van der Waals surface area contributed by atoms with Crippen LogP contribution in [0, 0.1) is 0 Å². The third-order valence-electron chi connectivity index (χ3n) is 2.26. The lowest BCUT2D eigenvalue weighted by Crippen LogP contribution is -2.12. The van der Waals surface area contributed by atoms with Gasteiger partial charge < -0.3 is 10.2 Å². The first kappa shape index (κ1) is 13.0. The fraction of sp³-hybridized carbons (Fsp3) is 0.0909. The van der Waals surface area contributed by atoms with Crippen molar-refractivity contribution >= 4 is 27.5 Å². The van der Waals surface area contributed by atoms with E-state index in [9.17, 15) is 8.42 Å². The van der Waals surface area contributed by atoms with Crippen molar-refractivity contribution in [3.05, 3.63) is 42.4 Å². The van der Waals surface area contributed by atoms with E-state index in [1.165, 1.54) is 23.9 Å². The van der Waals surface area contributed by atoms with Crippen molar-refractivity contribution in [2.75, 3.05) is 5.73 Å². The van der Waals surface area contributed by atoms with Gasteiger partial charge >= 0.3 is 0 Å². The summed E-state index contributed by atoms with van der Waals surface area (Å²) in [7, 11) is -3.71. The Hall–Kier alpha value is -1.44. The molecule has 0 bridgehead atoms. The predicted octanol–water partition coefficient (Wildman–Crippen LogP) is 1.80. The van der Waals surface area contributed by atoms with Crippen LogP contribution >= 0.6 is 11.8 Å². The highest BCUT2D eigenvalue weighted by Gasteiger charge is 2.10. The summed E-state index contributed by atoms with van der Waals surface area (Å²) in [5.41, 5.74) is 6.17. The van der Waals surface area contributed by atoms with Crippen LogP contribution in [0.25, 0.3) is 0 Å². The monoisotopic (exact) mass is 284 g/mol. The van der Waals surface area contributed by atoms with Gasteiger partial charge in [0, 0.05) is 10.6 Å². The number of nitrogens with two attached hydrogens (primary N) is 2. The first-order valence-corrected chi connectivity index (χ1v) is 7.57. The summed E-state index contributed by atoms with van der Waals surface area (Å²) in [6.07, 6.45) is 1.60. The summed E-state index contributed by atoms with van der Waals surface area (Å²) in [4.78, 5) is 0.807. The largest absolute Gasteiger partial charge is 0.468 e. The highest BCUT2D eigenvalue weighted by Crippen LogP contribution is 2.29. The Labute approximate surface area is 109 Å². The van der Waals surface area contributed by atoms with E-state index >= 15 is 0 Å². The molecule has 0 unspecified atom stereocenters. The Morgan fingerprint density at radius 3 is 2.61 bits per heavy atom. The van der Waals surface area contributed by atoms with Gasteiger partial charge in [-0.1, -0.05) is 0 Å². The zero-order valence-corrected chi connectivity index (χ0v) is 11.0. The molecule has 0 fully saturated rings. The van der Waals surface area contributed by atoms with Crippen LogP contribution in [0.4, 0.5) is 5.69 Å². The number of sulfonamides is 1. The Bertz CT molecular complexity index is 636. The molecule has 0 saturated heterocycles. The summed E-state index contributed by atoms with van der Waals surface area (Å²) in [6, 6.07) is 8.11. The van der Waals surface area contributed by atoms with Crippen molar-refractivity contribution in [3.63, 3.8) is 0 Å². The van der Waals surface area contributed by atoms with E-state index in [0.717, 1.165) is 10.7 Å². The van der Waals surface area contributed by atoms with Crippen molar-refractivity contribution in [2.24, 2.45) is 5.14 Å². The maximum atomic E-state index is 11.1. The summed E-state index contributed by atoms with van der Waals surface area (Å²) in [5.74, 6) is 1.46. The normalized spacial score (nSPS) is 11.6. The minimum atomic E-state index is -3.71. The lowest BCUT2D eigenvalue weighted by Gasteiger charge is -2.06. The maximum Gasteiger partial charge on any atom is 0.238 e. The number of benzene rings is 1. The zero-order valence-electron chi connectivity index (χ0n) is 9.37. The highest BCUT2D eigenvalue weighted by atomic mass is 32.2. The molecule has 0 spiro atoms. The van der Waals surface area contributed by atoms with Crippen LogP contribution in [0.2, 0.25) is 0 Å². The van der Waals surface area contributed by atoms with E-state index in [2.05, 4.69) is 0 Å². The third kappa shape index (κ3) is 3.06. The quantitative estimate of drug-likeness (QED) is 0.658. The molecule has 1 aromatic heterocycles. The minimum absolute atomic E-state index is 0.0161. The first-order valence-electron chi connectivity index (χ1n) is 5.04. The molecule has 0 atom stereocenters. The van der Waals surface area contributed by atoms with Gasteiger partial charge in [-0.25, -0.2) is 13.6 Å². The number of furan rings is 1. The van der Waals surface area contributed by atoms with Crippen LogP contribution in [0.3, 0.4) is 0 Å². The van der Waals surface area contributed by atoms with Gasteiger partial charge in [-0.2, -0.15) is 0 Å². The van der Waals surface area contributed by atoms with E-state index in [1.54, 1.807) is 12.3 Å². The average molecular weight is 284 g/mol. The Kier molecular flexibility index (Phi) is 3.65. The van der Waals surface area contributed by atoms with E-state index in [0.29, 0.717) is 11.4 Å². The second kappa shape index (κ2) is 5.05. The lowest BCUT2D eigenvalue weighted by atomic mass is 10.3. The molecule has 2 rings (SSSR count). The van der Waals surface area contributed by atoms with Crippen LogP contribution in [0.15, 0.2) is 50.8 Å². The number of thioether (sulfide) groups is 1. The fourth-order valence-corrected chi connectivity index (χ4v) is 2.78. The molecule has 0 amide bonds. The fourth-order valence-electron chi connectivity index (χ4n) is 1.38. The van der Waals surface area contributed by atoms with Gasteiger partial charge in [0.1, 0.15) is 5.76 Å². The van der Waals surface area contributed by atoms with E-state index in [-0.39, 0.29) is 4.90 Å². The molecule has 0 aliphatic rings. The van der Waals surface area contributed by atoms with Crippen molar-refractivity contribution in [1.82, 2.24) is 0 Å². The molecule has 0 aliphatic heterocycles. The Morgan fingerprint density at radius 1 is 1.28 bits per heavy atom. The summed E-state index contributed by atoms with van der Waals surface area (Å²) >= 11 is 1.47. The van der Waals surface area contributed by atoms with E-state index < -0.39 is 10.0 Å². The standard InChI is InChI=1S/C11H12N2O3S2/c12-10-6-9(18(13,14)15)3-4-11(10)17-7-8-2-1-5-16-8/h1-6H,7,12H2,(H2,13,14,15). The molecule has 18 heavy (non-hydrogen) atoms. The topological polar surface area (TPSA) is 99.3 Å². The Balaban J connectivity index is 2.15. The molecule has 1 aromatic carbocycles. The van der Waals surface area contributed by atoms with E-state index in [1.807, 2.05) is 12.1 Å². The summed E-state index contributed by atoms with van der Waals surface area (Å²) in [6.45, 7) is 0. The highest BCUT2D eigenvalue weighted by molar-refractivity contribution is 7.98. The molecule has 0 saturated carbocycles. The molecule has 0 aliphatic carbocycles. The molecule has 4 N–H and O–H groups in total. The smallest absolute Gasteiger partial charge is 0.238 e. The second-order valence-electron chi connectivity index (χ2n) is 3.61. The minimum Gasteiger partial charge on any atom is -0.468 e. The van der Waals surface area contributed by atoms with Gasteiger partial charge in [-0.15, -0.1) is 11.8 Å². The van der Waals surface area contributed by atoms with Gasteiger partial charge in [0.25, 0.3) is 0 Å². The maximum absolute atomic E-state index is 11.1.